The summed E-state index contributed by atoms with van der Waals surface area (Å²) in [4.78, 5) is 25.5. The number of amides is 2. The predicted octanol–water partition coefficient (Wildman–Crippen LogP) is -0.105. The van der Waals surface area contributed by atoms with E-state index in [1.807, 2.05) is 0 Å². The minimum Gasteiger partial charge on any atom is -0.383 e. The topological polar surface area (TPSA) is 93.9 Å². The van der Waals surface area contributed by atoms with Crippen LogP contribution in [0.4, 0.5) is 0 Å². The monoisotopic (exact) mass is 311 g/mol. The summed E-state index contributed by atoms with van der Waals surface area (Å²) in [6.07, 6.45) is -0.237. The molecule has 8 heteroatoms. The number of aryl methyl sites for hydroxylation is 2. The van der Waals surface area contributed by atoms with E-state index in [-0.39, 0.29) is 24.5 Å². The van der Waals surface area contributed by atoms with Crippen LogP contribution in [0.25, 0.3) is 0 Å². The summed E-state index contributed by atoms with van der Waals surface area (Å²) in [6.45, 7) is 5.18. The number of nitrogens with one attached hydrogen (secondary N) is 1. The fraction of sp³-hybridized carbons (Fsp3) is 0.643. The Balaban J connectivity index is 1.86. The number of carbonyl (C=O) groups is 2. The van der Waals surface area contributed by atoms with Crippen LogP contribution in [0.5, 0.6) is 0 Å². The molecule has 1 aliphatic heterocycles. The van der Waals surface area contributed by atoms with E-state index >= 15 is 0 Å². The number of hydrogen-bond acceptors (Lipinski definition) is 6. The van der Waals surface area contributed by atoms with Crippen molar-refractivity contribution in [3.63, 3.8) is 0 Å². The van der Waals surface area contributed by atoms with Crippen molar-refractivity contribution >= 4 is 11.8 Å². The van der Waals surface area contributed by atoms with Crippen LogP contribution in [0, 0.1) is 13.8 Å². The van der Waals surface area contributed by atoms with Crippen LogP contribution in [0.15, 0.2) is 4.52 Å². The number of morpholine rings is 1. The van der Waals surface area contributed by atoms with Crippen molar-refractivity contribution in [2.45, 2.75) is 20.0 Å². The maximum absolute atomic E-state index is 12.1. The predicted molar refractivity (Wildman–Crippen MR) is 76.5 cm³/mol. The Hall–Kier alpha value is -1.93. The Bertz CT molecular complexity index is 523. The lowest BCUT2D eigenvalue weighted by molar-refractivity contribution is -0.149. The van der Waals surface area contributed by atoms with Crippen LogP contribution >= 0.6 is 0 Å². The molecule has 1 aromatic heterocycles. The van der Waals surface area contributed by atoms with Gasteiger partial charge in [-0.15, -0.1) is 0 Å². The van der Waals surface area contributed by atoms with Crippen molar-refractivity contribution in [2.75, 3.05) is 40.0 Å². The Kier molecular flexibility index (Phi) is 5.51. The molecule has 1 aromatic rings. The zero-order chi connectivity index (χ0) is 16.1. The SMILES string of the molecule is COCCN1CC(CNC(=O)c2c(C)noc2C)OCC1=O. The largest absolute Gasteiger partial charge is 0.383 e. The second-order valence-electron chi connectivity index (χ2n) is 5.17. The van der Waals surface area contributed by atoms with E-state index in [1.54, 1.807) is 25.9 Å². The molecule has 0 radical (unpaired) electrons. The fourth-order valence-electron chi connectivity index (χ4n) is 2.32. The first-order chi connectivity index (χ1) is 10.5. The maximum atomic E-state index is 12.1. The molecule has 122 valence electrons. The van der Waals surface area contributed by atoms with Gasteiger partial charge >= 0.3 is 0 Å². The summed E-state index contributed by atoms with van der Waals surface area (Å²) in [5.74, 6) is 0.169. The van der Waals surface area contributed by atoms with E-state index in [9.17, 15) is 9.59 Å². The lowest BCUT2D eigenvalue weighted by Crippen LogP contribution is -2.51. The molecule has 1 unspecified atom stereocenters. The third-order valence-corrected chi connectivity index (χ3v) is 3.54. The molecule has 2 rings (SSSR count). The van der Waals surface area contributed by atoms with E-state index in [1.165, 1.54) is 0 Å². The van der Waals surface area contributed by atoms with Crippen LogP contribution in [-0.2, 0) is 14.3 Å². The molecule has 0 saturated carbocycles. The molecular formula is C14H21N3O5. The average Bonchev–Trinajstić information content (AvgIpc) is 2.84. The summed E-state index contributed by atoms with van der Waals surface area (Å²) in [7, 11) is 1.59. The normalized spacial score (nSPS) is 18.6. The van der Waals surface area contributed by atoms with Crippen molar-refractivity contribution in [2.24, 2.45) is 0 Å². The molecule has 1 aliphatic rings. The number of methoxy groups -OCH3 is 1. The van der Waals surface area contributed by atoms with Gasteiger partial charge in [0, 0.05) is 26.7 Å². The number of carbonyl (C=O) groups excluding carboxylic acids is 2. The minimum absolute atomic E-state index is 0.0234. The molecule has 8 nitrogen and oxygen atoms in total. The third-order valence-electron chi connectivity index (χ3n) is 3.54. The van der Waals surface area contributed by atoms with Crippen LogP contribution in [0.1, 0.15) is 21.8 Å². The van der Waals surface area contributed by atoms with Crippen molar-refractivity contribution in [3.05, 3.63) is 17.0 Å². The molecule has 1 fully saturated rings. The molecule has 1 N–H and O–H groups in total. The summed E-state index contributed by atoms with van der Waals surface area (Å²) in [5.41, 5.74) is 1.000. The van der Waals surface area contributed by atoms with E-state index in [2.05, 4.69) is 10.5 Å². The van der Waals surface area contributed by atoms with Crippen LogP contribution < -0.4 is 5.32 Å². The highest BCUT2D eigenvalue weighted by molar-refractivity contribution is 5.96. The summed E-state index contributed by atoms with van der Waals surface area (Å²) >= 11 is 0. The molecule has 2 heterocycles. The first kappa shape index (κ1) is 16.4. The third kappa shape index (κ3) is 3.83. The van der Waals surface area contributed by atoms with Gasteiger partial charge in [-0.1, -0.05) is 5.16 Å². The number of nitrogens with zero attached hydrogens (tertiary/aromatic N) is 2. The molecule has 0 aliphatic carbocycles. The van der Waals surface area contributed by atoms with Gasteiger partial charge in [-0.25, -0.2) is 0 Å². The van der Waals surface area contributed by atoms with Gasteiger partial charge in [-0.2, -0.15) is 0 Å². The standard InChI is InChI=1S/C14H21N3O5/c1-9-13(10(2)22-16-9)14(19)15-6-11-7-17(4-5-20-3)12(18)8-21-11/h11H,4-8H2,1-3H3,(H,15,19). The van der Waals surface area contributed by atoms with Crippen LogP contribution in [0.3, 0.4) is 0 Å². The molecule has 1 saturated heterocycles. The lowest BCUT2D eigenvalue weighted by Gasteiger charge is -2.32. The minimum atomic E-state index is -0.250. The molecule has 0 spiro atoms. The highest BCUT2D eigenvalue weighted by atomic mass is 16.5. The zero-order valence-corrected chi connectivity index (χ0v) is 13.0. The number of ether oxygens (including phenoxy) is 2. The quantitative estimate of drug-likeness (QED) is 0.788. The van der Waals surface area contributed by atoms with Gasteiger partial charge in [0.1, 0.15) is 17.9 Å². The second-order valence-corrected chi connectivity index (χ2v) is 5.17. The van der Waals surface area contributed by atoms with Gasteiger partial charge < -0.3 is 24.2 Å². The van der Waals surface area contributed by atoms with Crippen molar-refractivity contribution in [1.29, 1.82) is 0 Å². The Morgan fingerprint density at radius 3 is 2.91 bits per heavy atom. The summed E-state index contributed by atoms with van der Waals surface area (Å²) < 4.78 is 15.4. The van der Waals surface area contributed by atoms with Gasteiger partial charge in [0.25, 0.3) is 5.91 Å². The van der Waals surface area contributed by atoms with Crippen molar-refractivity contribution < 1.29 is 23.6 Å². The second kappa shape index (κ2) is 7.37. The Morgan fingerprint density at radius 1 is 1.50 bits per heavy atom. The maximum Gasteiger partial charge on any atom is 0.256 e. The molecule has 2 amide bonds. The highest BCUT2D eigenvalue weighted by Crippen LogP contribution is 2.12. The lowest BCUT2D eigenvalue weighted by atomic mass is 10.2. The first-order valence-corrected chi connectivity index (χ1v) is 7.12. The Morgan fingerprint density at radius 2 is 2.27 bits per heavy atom. The fourth-order valence-corrected chi connectivity index (χ4v) is 2.32. The smallest absolute Gasteiger partial charge is 0.256 e. The van der Waals surface area contributed by atoms with Crippen molar-refractivity contribution in [1.82, 2.24) is 15.4 Å². The average molecular weight is 311 g/mol. The van der Waals surface area contributed by atoms with Gasteiger partial charge in [-0.05, 0) is 13.8 Å². The molecule has 0 aromatic carbocycles. The van der Waals surface area contributed by atoms with Gasteiger partial charge in [0.15, 0.2) is 0 Å². The van der Waals surface area contributed by atoms with Gasteiger partial charge in [0.2, 0.25) is 5.91 Å². The van der Waals surface area contributed by atoms with Crippen LogP contribution in [-0.4, -0.2) is 67.9 Å². The summed E-state index contributed by atoms with van der Waals surface area (Å²) in [5, 5.41) is 6.55. The molecule has 0 bridgehead atoms. The van der Waals surface area contributed by atoms with E-state index in [0.717, 1.165) is 0 Å². The number of aromatic nitrogens is 1. The number of rotatable bonds is 6. The first-order valence-electron chi connectivity index (χ1n) is 7.12. The van der Waals surface area contributed by atoms with E-state index < -0.39 is 0 Å². The highest BCUT2D eigenvalue weighted by Gasteiger charge is 2.27. The molecule has 22 heavy (non-hydrogen) atoms. The van der Waals surface area contributed by atoms with Gasteiger partial charge in [0.05, 0.1) is 18.4 Å². The number of hydrogen-bond donors (Lipinski definition) is 1. The van der Waals surface area contributed by atoms with E-state index in [0.29, 0.717) is 43.3 Å². The van der Waals surface area contributed by atoms with Crippen LogP contribution in [0.2, 0.25) is 0 Å². The van der Waals surface area contributed by atoms with Gasteiger partial charge in [-0.3, -0.25) is 9.59 Å². The molecule has 1 atom stereocenters. The molecular weight excluding hydrogens is 290 g/mol. The van der Waals surface area contributed by atoms with E-state index in [4.69, 9.17) is 14.0 Å². The zero-order valence-electron chi connectivity index (χ0n) is 13.0. The van der Waals surface area contributed by atoms with Crippen molar-refractivity contribution in [3.8, 4) is 0 Å². The Labute approximate surface area is 128 Å². The summed E-state index contributed by atoms with van der Waals surface area (Å²) in [6, 6.07) is 0.